The lowest BCUT2D eigenvalue weighted by molar-refractivity contribution is 0.0959. The molecule has 0 radical (unpaired) electrons. The number of carbonyl (C=O) groups is 1. The molecule has 0 saturated heterocycles. The number of pyridine rings is 1. The molecule has 1 aliphatic rings. The van der Waals surface area contributed by atoms with Crippen molar-refractivity contribution < 1.29 is 13.6 Å². The van der Waals surface area contributed by atoms with Crippen LogP contribution in [0.1, 0.15) is 34.9 Å². The van der Waals surface area contributed by atoms with Gasteiger partial charge < -0.3 is 15.6 Å². The van der Waals surface area contributed by atoms with Gasteiger partial charge in [0.05, 0.1) is 11.4 Å². The predicted octanol–water partition coefficient (Wildman–Crippen LogP) is 4.21. The van der Waals surface area contributed by atoms with E-state index in [0.717, 1.165) is 16.5 Å². The minimum atomic E-state index is -1.03. The van der Waals surface area contributed by atoms with E-state index in [1.807, 2.05) is 24.3 Å². The number of fused-ring (bicyclic) bond motifs is 1. The molecule has 3 heterocycles. The minimum Gasteiger partial charge on any atom is -0.365 e. The molecule has 0 aliphatic heterocycles. The maximum absolute atomic E-state index is 14.2. The van der Waals surface area contributed by atoms with Gasteiger partial charge in [-0.05, 0) is 55.3 Å². The van der Waals surface area contributed by atoms with E-state index in [0.29, 0.717) is 17.2 Å². The number of alkyl halides is 1. The quantitative estimate of drug-likeness (QED) is 0.425. The number of amides is 1. The molecule has 7 nitrogen and oxygen atoms in total. The number of benzene rings is 1. The fourth-order valence-electron chi connectivity index (χ4n) is 4.41. The normalized spacial score (nSPS) is 20.2. The SMILES string of the molecule is CNC(=O)c1cc2cc(-c3ccc(NC4C[C@H](F)CC4c4ncccc4F)nn3)ccc2[nH]1. The van der Waals surface area contributed by atoms with Gasteiger partial charge in [-0.1, -0.05) is 6.07 Å². The minimum absolute atomic E-state index is 0.186. The van der Waals surface area contributed by atoms with E-state index in [-0.39, 0.29) is 36.4 Å². The highest BCUT2D eigenvalue weighted by molar-refractivity contribution is 5.98. The van der Waals surface area contributed by atoms with Crippen LogP contribution >= 0.6 is 0 Å². The molecule has 4 aromatic rings. The maximum atomic E-state index is 14.2. The van der Waals surface area contributed by atoms with Gasteiger partial charge in [-0.25, -0.2) is 8.78 Å². The van der Waals surface area contributed by atoms with Crippen molar-refractivity contribution in [1.29, 1.82) is 0 Å². The third kappa shape index (κ3) is 4.13. The van der Waals surface area contributed by atoms with Crippen LogP contribution in [0, 0.1) is 5.82 Å². The predicted molar refractivity (Wildman–Crippen MR) is 121 cm³/mol. The third-order valence-electron chi connectivity index (χ3n) is 6.03. The van der Waals surface area contributed by atoms with Gasteiger partial charge >= 0.3 is 0 Å². The Balaban J connectivity index is 1.35. The van der Waals surface area contributed by atoms with Gasteiger partial charge in [-0.15, -0.1) is 10.2 Å². The largest absolute Gasteiger partial charge is 0.365 e. The monoisotopic (exact) mass is 448 g/mol. The summed E-state index contributed by atoms with van der Waals surface area (Å²) in [5.74, 6) is -0.504. The van der Waals surface area contributed by atoms with Crippen LogP contribution in [0.3, 0.4) is 0 Å². The van der Waals surface area contributed by atoms with Crippen molar-refractivity contribution in [1.82, 2.24) is 25.5 Å². The zero-order chi connectivity index (χ0) is 22.9. The van der Waals surface area contributed by atoms with Crippen LogP contribution in [-0.4, -0.2) is 45.3 Å². The van der Waals surface area contributed by atoms with Crippen LogP contribution in [0.4, 0.5) is 14.6 Å². The van der Waals surface area contributed by atoms with Gasteiger partial charge in [0.25, 0.3) is 5.91 Å². The summed E-state index contributed by atoms with van der Waals surface area (Å²) in [5.41, 5.74) is 3.11. The zero-order valence-corrected chi connectivity index (χ0v) is 17.8. The molecule has 2 unspecified atom stereocenters. The number of hydrogen-bond acceptors (Lipinski definition) is 5. The zero-order valence-electron chi connectivity index (χ0n) is 17.8. The molecule has 3 N–H and O–H groups in total. The number of hydrogen-bond donors (Lipinski definition) is 3. The van der Waals surface area contributed by atoms with Gasteiger partial charge in [0.2, 0.25) is 0 Å². The first-order valence-corrected chi connectivity index (χ1v) is 10.7. The van der Waals surface area contributed by atoms with Gasteiger partial charge in [0.1, 0.15) is 23.5 Å². The van der Waals surface area contributed by atoms with E-state index in [2.05, 4.69) is 30.8 Å². The van der Waals surface area contributed by atoms with Crippen molar-refractivity contribution in [3.63, 3.8) is 0 Å². The smallest absolute Gasteiger partial charge is 0.267 e. The highest BCUT2D eigenvalue weighted by Crippen LogP contribution is 2.38. The van der Waals surface area contributed by atoms with E-state index >= 15 is 0 Å². The topological polar surface area (TPSA) is 95.6 Å². The van der Waals surface area contributed by atoms with Crippen molar-refractivity contribution in [2.24, 2.45) is 0 Å². The van der Waals surface area contributed by atoms with Crippen molar-refractivity contribution in [3.05, 3.63) is 71.9 Å². The van der Waals surface area contributed by atoms with Crippen LogP contribution in [0.15, 0.2) is 54.7 Å². The van der Waals surface area contributed by atoms with E-state index in [4.69, 9.17) is 0 Å². The summed E-state index contributed by atoms with van der Waals surface area (Å²) in [4.78, 5) is 19.1. The summed E-state index contributed by atoms with van der Waals surface area (Å²) in [5, 5.41) is 15.2. The van der Waals surface area contributed by atoms with E-state index in [1.165, 1.54) is 18.3 Å². The van der Waals surface area contributed by atoms with E-state index in [9.17, 15) is 13.6 Å². The Kier molecular flexibility index (Phi) is 5.45. The van der Waals surface area contributed by atoms with Gasteiger partial charge in [-0.3, -0.25) is 9.78 Å². The number of rotatable bonds is 5. The molecule has 3 atom stereocenters. The van der Waals surface area contributed by atoms with Crippen molar-refractivity contribution >= 4 is 22.6 Å². The Morgan fingerprint density at radius 1 is 1.12 bits per heavy atom. The number of aromatic nitrogens is 4. The molecule has 33 heavy (non-hydrogen) atoms. The number of halogens is 2. The molecule has 5 rings (SSSR count). The summed E-state index contributed by atoms with van der Waals surface area (Å²) in [6.07, 6.45) is 0.955. The number of nitrogens with zero attached hydrogens (tertiary/aromatic N) is 3. The highest BCUT2D eigenvalue weighted by atomic mass is 19.1. The van der Waals surface area contributed by atoms with Crippen molar-refractivity contribution in [3.8, 4) is 11.3 Å². The van der Waals surface area contributed by atoms with Crippen LogP contribution in [0.2, 0.25) is 0 Å². The summed E-state index contributed by atoms with van der Waals surface area (Å²) in [6, 6.07) is 13.6. The van der Waals surface area contributed by atoms with Gasteiger partial charge in [0.15, 0.2) is 0 Å². The van der Waals surface area contributed by atoms with Crippen molar-refractivity contribution in [2.75, 3.05) is 12.4 Å². The number of nitrogens with one attached hydrogen (secondary N) is 3. The fourth-order valence-corrected chi connectivity index (χ4v) is 4.41. The second-order valence-electron chi connectivity index (χ2n) is 8.16. The second-order valence-corrected chi connectivity index (χ2v) is 8.16. The van der Waals surface area contributed by atoms with Crippen LogP contribution in [0.5, 0.6) is 0 Å². The molecule has 1 aliphatic carbocycles. The molecule has 1 fully saturated rings. The molecule has 0 bridgehead atoms. The third-order valence-corrected chi connectivity index (χ3v) is 6.03. The molecule has 9 heteroatoms. The lowest BCUT2D eigenvalue weighted by atomic mass is 9.98. The Labute approximate surface area is 188 Å². The fraction of sp³-hybridized carbons (Fsp3) is 0.250. The molecule has 168 valence electrons. The first kappa shape index (κ1) is 21.0. The lowest BCUT2D eigenvalue weighted by Gasteiger charge is -2.20. The summed E-state index contributed by atoms with van der Waals surface area (Å²) >= 11 is 0. The number of H-pyrrole nitrogens is 1. The van der Waals surface area contributed by atoms with Crippen molar-refractivity contribution in [2.45, 2.75) is 31.0 Å². The van der Waals surface area contributed by atoms with Gasteiger partial charge in [-0.2, -0.15) is 0 Å². The van der Waals surface area contributed by atoms with E-state index in [1.54, 1.807) is 19.2 Å². The summed E-state index contributed by atoms with van der Waals surface area (Å²) in [7, 11) is 1.58. The molecule has 3 aromatic heterocycles. The van der Waals surface area contributed by atoms with Gasteiger partial charge in [0, 0.05) is 41.7 Å². The summed E-state index contributed by atoms with van der Waals surface area (Å²) in [6.45, 7) is 0. The number of carbonyl (C=O) groups excluding carboxylic acids is 1. The number of anilines is 1. The van der Waals surface area contributed by atoms with E-state index < -0.39 is 12.0 Å². The highest BCUT2D eigenvalue weighted by Gasteiger charge is 2.37. The van der Waals surface area contributed by atoms with Crippen LogP contribution in [0.25, 0.3) is 22.2 Å². The Hall–Kier alpha value is -3.88. The molecule has 1 amide bonds. The molecule has 1 saturated carbocycles. The molecule has 0 spiro atoms. The first-order valence-electron chi connectivity index (χ1n) is 10.7. The second kappa shape index (κ2) is 8.57. The summed E-state index contributed by atoms with van der Waals surface area (Å²) < 4.78 is 28.4. The average molecular weight is 448 g/mol. The number of aromatic amines is 1. The Bertz CT molecular complexity index is 1310. The van der Waals surface area contributed by atoms with Crippen LogP contribution < -0.4 is 10.6 Å². The lowest BCUT2D eigenvalue weighted by Crippen LogP contribution is -2.24. The molecular weight excluding hydrogens is 426 g/mol. The molecule has 1 aromatic carbocycles. The maximum Gasteiger partial charge on any atom is 0.267 e. The molecular formula is C24H22F2N6O. The Morgan fingerprint density at radius 2 is 2.00 bits per heavy atom. The first-order chi connectivity index (χ1) is 16.0. The average Bonchev–Trinajstić information content (AvgIpc) is 3.42. The standard InChI is InChI=1S/C24H22F2N6O/c1-27-24(33)21-10-14-9-13(4-5-18(14)29-21)19-6-7-22(32-31-19)30-20-12-15(25)11-16(20)23-17(26)3-2-8-28-23/h2-10,15-16,20,29H,11-12H2,1H3,(H,27,33)(H,30,32)/t15-,16?,20?/m1/s1. The Morgan fingerprint density at radius 3 is 2.76 bits per heavy atom. The van der Waals surface area contributed by atoms with Crippen LogP contribution in [-0.2, 0) is 0 Å².